The van der Waals surface area contributed by atoms with Crippen LogP contribution in [0.2, 0.25) is 0 Å². The lowest BCUT2D eigenvalue weighted by atomic mass is 10.2. The summed E-state index contributed by atoms with van der Waals surface area (Å²) in [5.74, 6) is 3.25. The largest absolute Gasteiger partial charge is 0.375 e. The number of aromatic nitrogens is 1. The highest BCUT2D eigenvalue weighted by molar-refractivity contribution is 8.00. The van der Waals surface area contributed by atoms with E-state index < -0.39 is 0 Å². The Morgan fingerprint density at radius 2 is 2.26 bits per heavy atom. The van der Waals surface area contributed by atoms with E-state index in [1.165, 1.54) is 17.7 Å². The van der Waals surface area contributed by atoms with E-state index in [4.69, 9.17) is 9.73 Å². The van der Waals surface area contributed by atoms with Gasteiger partial charge in [-0.15, -0.1) is 0 Å². The Labute approximate surface area is 167 Å². The van der Waals surface area contributed by atoms with E-state index in [1.54, 1.807) is 0 Å². The first-order valence-electron chi connectivity index (χ1n) is 10.2. The number of anilines is 1. The summed E-state index contributed by atoms with van der Waals surface area (Å²) in [6.45, 7) is 12.8. The summed E-state index contributed by atoms with van der Waals surface area (Å²) < 4.78 is 5.64. The summed E-state index contributed by atoms with van der Waals surface area (Å²) in [4.78, 5) is 14.2. The molecule has 2 aliphatic heterocycles. The maximum Gasteiger partial charge on any atom is 0.194 e. The van der Waals surface area contributed by atoms with Gasteiger partial charge in [-0.3, -0.25) is 0 Å². The second-order valence-electron chi connectivity index (χ2n) is 7.17. The number of hydrogen-bond acceptors (Lipinski definition) is 5. The zero-order valence-electron chi connectivity index (χ0n) is 16.9. The van der Waals surface area contributed by atoms with Crippen LogP contribution in [0.1, 0.15) is 32.8 Å². The third kappa shape index (κ3) is 5.75. The zero-order chi connectivity index (χ0) is 19.1. The number of hydrogen-bond donors (Lipinski definition) is 1. The van der Waals surface area contributed by atoms with E-state index >= 15 is 0 Å². The quantitative estimate of drug-likeness (QED) is 0.615. The van der Waals surface area contributed by atoms with Crippen molar-refractivity contribution < 1.29 is 4.74 Å². The minimum Gasteiger partial charge on any atom is -0.375 e. The van der Waals surface area contributed by atoms with Crippen LogP contribution < -0.4 is 10.2 Å². The first-order chi connectivity index (χ1) is 13.2. The van der Waals surface area contributed by atoms with E-state index in [2.05, 4.69) is 64.8 Å². The monoisotopic (exact) mass is 391 g/mol. The van der Waals surface area contributed by atoms with Gasteiger partial charge in [0.15, 0.2) is 5.96 Å². The number of thioether (sulfide) groups is 1. The molecule has 1 aromatic heterocycles. The molecule has 27 heavy (non-hydrogen) atoms. The number of morpholine rings is 1. The Morgan fingerprint density at radius 1 is 1.37 bits per heavy atom. The molecular weight excluding hydrogens is 358 g/mol. The van der Waals surface area contributed by atoms with Gasteiger partial charge in [-0.25, -0.2) is 9.98 Å². The van der Waals surface area contributed by atoms with Crippen molar-refractivity contribution in [1.82, 2.24) is 15.2 Å². The molecule has 0 aromatic carbocycles. The van der Waals surface area contributed by atoms with Crippen LogP contribution in [-0.2, 0) is 11.3 Å². The molecule has 1 aromatic rings. The van der Waals surface area contributed by atoms with Gasteiger partial charge in [0.05, 0.1) is 19.3 Å². The summed E-state index contributed by atoms with van der Waals surface area (Å²) in [6, 6.07) is 4.24. The number of nitrogens with one attached hydrogen (secondary N) is 1. The van der Waals surface area contributed by atoms with Gasteiger partial charge >= 0.3 is 0 Å². The minimum atomic E-state index is 0.256. The molecule has 2 atom stereocenters. The molecule has 150 valence electrons. The molecule has 0 aliphatic carbocycles. The molecule has 0 saturated carbocycles. The van der Waals surface area contributed by atoms with Crippen LogP contribution in [-0.4, -0.2) is 72.3 Å². The normalized spacial score (nSPS) is 24.2. The lowest BCUT2D eigenvalue weighted by Gasteiger charge is -2.34. The molecule has 3 heterocycles. The number of pyridine rings is 1. The van der Waals surface area contributed by atoms with Crippen molar-refractivity contribution in [3.8, 4) is 0 Å². The van der Waals surface area contributed by atoms with Crippen molar-refractivity contribution in [1.29, 1.82) is 0 Å². The zero-order valence-corrected chi connectivity index (χ0v) is 17.7. The second kappa shape index (κ2) is 10.2. The standard InChI is InChI=1S/C20H33N5OS/c1-4-18-15-25(9-11-27-18)20(21-5-2)23-13-17-6-7-22-19(12-17)24-8-10-26-16(3)14-24/h6-7,12,16,18H,4-5,8-11,13-15H2,1-3H3,(H,21,23). The third-order valence-electron chi connectivity index (χ3n) is 5.01. The van der Waals surface area contributed by atoms with Gasteiger partial charge in [-0.05, 0) is 38.0 Å². The van der Waals surface area contributed by atoms with E-state index in [1.807, 2.05) is 6.20 Å². The maximum absolute atomic E-state index is 5.64. The molecule has 0 bridgehead atoms. The summed E-state index contributed by atoms with van der Waals surface area (Å²) in [7, 11) is 0. The summed E-state index contributed by atoms with van der Waals surface area (Å²) >= 11 is 2.09. The fraction of sp³-hybridized carbons (Fsp3) is 0.700. The Hall–Kier alpha value is -1.47. The van der Waals surface area contributed by atoms with Crippen molar-refractivity contribution in [2.24, 2.45) is 4.99 Å². The second-order valence-corrected chi connectivity index (χ2v) is 8.58. The fourth-order valence-corrected chi connectivity index (χ4v) is 4.69. The van der Waals surface area contributed by atoms with Crippen molar-refractivity contribution >= 4 is 23.5 Å². The fourth-order valence-electron chi connectivity index (χ4n) is 3.51. The number of aliphatic imine (C=N–C) groups is 1. The molecule has 2 fully saturated rings. The molecule has 1 N–H and O–H groups in total. The summed E-state index contributed by atoms with van der Waals surface area (Å²) in [5.41, 5.74) is 1.20. The molecule has 2 unspecified atom stereocenters. The van der Waals surface area contributed by atoms with Crippen molar-refractivity contribution in [2.45, 2.75) is 45.1 Å². The van der Waals surface area contributed by atoms with Crippen LogP contribution in [0.15, 0.2) is 23.3 Å². The first kappa shape index (κ1) is 20.3. The molecule has 0 amide bonds. The van der Waals surface area contributed by atoms with Crippen molar-refractivity contribution in [3.63, 3.8) is 0 Å². The Kier molecular flexibility index (Phi) is 7.64. The Balaban J connectivity index is 1.67. The predicted octanol–water partition coefficient (Wildman–Crippen LogP) is 2.60. The first-order valence-corrected chi connectivity index (χ1v) is 11.2. The number of rotatable bonds is 5. The van der Waals surface area contributed by atoms with Crippen LogP contribution in [0.4, 0.5) is 5.82 Å². The van der Waals surface area contributed by atoms with Crippen molar-refractivity contribution in [3.05, 3.63) is 23.9 Å². The van der Waals surface area contributed by atoms with Crippen LogP contribution in [0.25, 0.3) is 0 Å². The summed E-state index contributed by atoms with van der Waals surface area (Å²) in [6.07, 6.45) is 3.37. The Bertz CT molecular complexity index is 626. The average Bonchev–Trinajstić information content (AvgIpc) is 2.71. The third-order valence-corrected chi connectivity index (χ3v) is 6.39. The molecule has 0 radical (unpaired) electrons. The highest BCUT2D eigenvalue weighted by Crippen LogP contribution is 2.21. The van der Waals surface area contributed by atoms with E-state index in [-0.39, 0.29) is 6.10 Å². The van der Waals surface area contributed by atoms with Gasteiger partial charge in [0.1, 0.15) is 5.82 Å². The van der Waals surface area contributed by atoms with Crippen LogP contribution in [0.5, 0.6) is 0 Å². The predicted molar refractivity (Wildman–Crippen MR) is 115 cm³/mol. The van der Waals surface area contributed by atoms with Gasteiger partial charge in [-0.2, -0.15) is 11.8 Å². The highest BCUT2D eigenvalue weighted by atomic mass is 32.2. The lowest BCUT2D eigenvalue weighted by Crippen LogP contribution is -2.48. The summed E-state index contributed by atoms with van der Waals surface area (Å²) in [5, 5.41) is 4.18. The molecule has 2 saturated heterocycles. The molecular formula is C20H33N5OS. The van der Waals surface area contributed by atoms with E-state index in [0.29, 0.717) is 11.8 Å². The number of nitrogens with zero attached hydrogens (tertiary/aromatic N) is 4. The van der Waals surface area contributed by atoms with Gasteiger partial charge in [0, 0.05) is 49.9 Å². The topological polar surface area (TPSA) is 53.0 Å². The molecule has 6 nitrogen and oxygen atoms in total. The van der Waals surface area contributed by atoms with Crippen LogP contribution >= 0.6 is 11.8 Å². The van der Waals surface area contributed by atoms with E-state index in [0.717, 1.165) is 51.1 Å². The number of guanidine groups is 1. The average molecular weight is 392 g/mol. The van der Waals surface area contributed by atoms with Gasteiger partial charge in [-0.1, -0.05) is 6.92 Å². The maximum atomic E-state index is 5.64. The van der Waals surface area contributed by atoms with Gasteiger partial charge in [0.2, 0.25) is 0 Å². The molecule has 0 spiro atoms. The highest BCUT2D eigenvalue weighted by Gasteiger charge is 2.21. The SMILES string of the molecule is CCNC(=NCc1ccnc(N2CCOC(C)C2)c1)N1CCSC(CC)C1. The molecule has 3 rings (SSSR count). The Morgan fingerprint density at radius 3 is 3.04 bits per heavy atom. The van der Waals surface area contributed by atoms with Crippen LogP contribution in [0, 0.1) is 0 Å². The van der Waals surface area contributed by atoms with Gasteiger partial charge < -0.3 is 19.9 Å². The minimum absolute atomic E-state index is 0.256. The number of ether oxygens (including phenoxy) is 1. The van der Waals surface area contributed by atoms with Crippen molar-refractivity contribution in [2.75, 3.05) is 50.0 Å². The molecule has 7 heteroatoms. The molecule has 2 aliphatic rings. The van der Waals surface area contributed by atoms with E-state index in [9.17, 15) is 0 Å². The lowest BCUT2D eigenvalue weighted by molar-refractivity contribution is 0.0529. The van der Waals surface area contributed by atoms with Crippen LogP contribution in [0.3, 0.4) is 0 Å². The smallest absolute Gasteiger partial charge is 0.194 e. The van der Waals surface area contributed by atoms with Gasteiger partial charge in [0.25, 0.3) is 0 Å².